The first-order valence-electron chi connectivity index (χ1n) is 11.0. The summed E-state index contributed by atoms with van der Waals surface area (Å²) in [4.78, 5) is 38.1. The van der Waals surface area contributed by atoms with Crippen molar-refractivity contribution < 1.29 is 28.6 Å². The smallest absolute Gasteiger partial charge is 0.425 e. The van der Waals surface area contributed by atoms with Crippen molar-refractivity contribution in [2.75, 3.05) is 12.5 Å². The Morgan fingerprint density at radius 2 is 1.65 bits per heavy atom. The van der Waals surface area contributed by atoms with Crippen LogP contribution in [0.5, 0.6) is 5.75 Å². The minimum Gasteiger partial charge on any atom is -0.497 e. The Bertz CT molecular complexity index is 1440. The summed E-state index contributed by atoms with van der Waals surface area (Å²) in [5.74, 6) is -1.28. The minimum atomic E-state index is -1.47. The van der Waals surface area contributed by atoms with Crippen LogP contribution in [0.25, 0.3) is 11.3 Å². The van der Waals surface area contributed by atoms with E-state index in [4.69, 9.17) is 4.74 Å². The number of carboxylic acid groups (broad SMARTS) is 1. The highest BCUT2D eigenvalue weighted by molar-refractivity contribution is 6.00. The van der Waals surface area contributed by atoms with Crippen molar-refractivity contribution in [2.45, 2.75) is 6.42 Å². The van der Waals surface area contributed by atoms with E-state index in [1.807, 2.05) is 0 Å². The normalized spacial score (nSPS) is 10.4. The van der Waals surface area contributed by atoms with E-state index in [0.717, 1.165) is 10.4 Å². The zero-order chi connectivity index (χ0) is 26.4. The maximum absolute atomic E-state index is 13.6. The van der Waals surface area contributed by atoms with Crippen molar-refractivity contribution in [2.24, 2.45) is 0 Å². The Morgan fingerprint density at radius 3 is 2.32 bits per heavy atom. The first-order valence-corrected chi connectivity index (χ1v) is 11.0. The molecule has 0 aliphatic carbocycles. The molecular weight excluding hydrogens is 481 g/mol. The Kier molecular flexibility index (Phi) is 7.43. The molecule has 0 radical (unpaired) electrons. The standard InChI is InChI=1S/C26H22FN5O5/c1-37-20-9-5-6-16(14-20)15-21-22(17-10-12-19(27)13-11-17)30-32(31-26(35)36)23(21)25(34)29-28-24(33)18-7-3-2-4-8-18/h2-14,31H,15H2,1H3,(H,28,33)(H,29,34)(H,35,36). The molecule has 0 spiro atoms. The van der Waals surface area contributed by atoms with E-state index in [1.165, 1.54) is 31.4 Å². The second-order valence-electron chi connectivity index (χ2n) is 7.81. The molecule has 0 atom stereocenters. The summed E-state index contributed by atoms with van der Waals surface area (Å²) in [5, 5.41) is 13.7. The van der Waals surface area contributed by atoms with Gasteiger partial charge in [0.2, 0.25) is 0 Å². The van der Waals surface area contributed by atoms with E-state index in [-0.39, 0.29) is 17.8 Å². The first-order chi connectivity index (χ1) is 17.9. The highest BCUT2D eigenvalue weighted by Gasteiger charge is 2.26. The highest BCUT2D eigenvalue weighted by Crippen LogP contribution is 2.29. The summed E-state index contributed by atoms with van der Waals surface area (Å²) >= 11 is 0. The van der Waals surface area contributed by atoms with Crippen LogP contribution in [0.1, 0.15) is 32.0 Å². The van der Waals surface area contributed by atoms with Crippen LogP contribution in [-0.2, 0) is 6.42 Å². The molecule has 0 unspecified atom stereocenters. The summed E-state index contributed by atoms with van der Waals surface area (Å²) in [6.07, 6.45) is -1.33. The Balaban J connectivity index is 1.77. The SMILES string of the molecule is COc1cccc(Cc2c(-c3ccc(F)cc3)nn(NC(=O)O)c2C(=O)NNC(=O)c2ccccc2)c1. The largest absolute Gasteiger partial charge is 0.497 e. The van der Waals surface area contributed by atoms with Gasteiger partial charge in [-0.15, -0.1) is 0 Å². The third kappa shape index (κ3) is 5.90. The fraction of sp³-hybridized carbons (Fsp3) is 0.0769. The van der Waals surface area contributed by atoms with E-state index in [1.54, 1.807) is 54.6 Å². The zero-order valence-electron chi connectivity index (χ0n) is 19.6. The van der Waals surface area contributed by atoms with Crippen molar-refractivity contribution in [1.82, 2.24) is 20.7 Å². The minimum absolute atomic E-state index is 0.139. The van der Waals surface area contributed by atoms with Crippen LogP contribution in [0.3, 0.4) is 0 Å². The van der Waals surface area contributed by atoms with Gasteiger partial charge in [-0.25, -0.2) is 14.6 Å². The molecule has 11 heteroatoms. The monoisotopic (exact) mass is 503 g/mol. The van der Waals surface area contributed by atoms with Gasteiger partial charge in [-0.1, -0.05) is 30.3 Å². The summed E-state index contributed by atoms with van der Waals surface area (Å²) in [6.45, 7) is 0. The number of ether oxygens (including phenoxy) is 1. The maximum atomic E-state index is 13.6. The van der Waals surface area contributed by atoms with Gasteiger partial charge >= 0.3 is 6.09 Å². The molecule has 1 aromatic heterocycles. The number of hydrazine groups is 1. The lowest BCUT2D eigenvalue weighted by Crippen LogP contribution is -2.43. The number of amides is 3. The van der Waals surface area contributed by atoms with E-state index in [9.17, 15) is 23.9 Å². The molecule has 4 aromatic rings. The first kappa shape index (κ1) is 24.9. The Morgan fingerprint density at radius 1 is 0.946 bits per heavy atom. The van der Waals surface area contributed by atoms with Crippen LogP contribution in [0.4, 0.5) is 9.18 Å². The molecule has 188 valence electrons. The third-order valence-electron chi connectivity index (χ3n) is 5.36. The number of benzene rings is 3. The Hall–Kier alpha value is -5.19. The van der Waals surface area contributed by atoms with E-state index < -0.39 is 23.7 Å². The second kappa shape index (κ2) is 11.0. The number of hydrogen-bond acceptors (Lipinski definition) is 5. The third-order valence-corrected chi connectivity index (χ3v) is 5.36. The van der Waals surface area contributed by atoms with Crippen LogP contribution in [0.15, 0.2) is 78.9 Å². The van der Waals surface area contributed by atoms with Crippen molar-refractivity contribution in [1.29, 1.82) is 0 Å². The number of hydrogen-bond donors (Lipinski definition) is 4. The molecule has 4 rings (SSSR count). The van der Waals surface area contributed by atoms with Gasteiger partial charge in [0.25, 0.3) is 11.8 Å². The van der Waals surface area contributed by atoms with Crippen molar-refractivity contribution in [3.8, 4) is 17.0 Å². The van der Waals surface area contributed by atoms with Crippen molar-refractivity contribution in [3.05, 3.63) is 107 Å². The number of aromatic nitrogens is 2. The molecule has 4 N–H and O–H groups in total. The lowest BCUT2D eigenvalue weighted by Gasteiger charge is -2.12. The van der Waals surface area contributed by atoms with E-state index in [0.29, 0.717) is 22.4 Å². The lowest BCUT2D eigenvalue weighted by atomic mass is 9.98. The predicted octanol–water partition coefficient (Wildman–Crippen LogP) is 3.58. The highest BCUT2D eigenvalue weighted by atomic mass is 19.1. The van der Waals surface area contributed by atoms with E-state index in [2.05, 4.69) is 21.4 Å². The van der Waals surface area contributed by atoms with Gasteiger partial charge in [0, 0.05) is 23.1 Å². The molecule has 0 bridgehead atoms. The van der Waals surface area contributed by atoms with Crippen LogP contribution in [0, 0.1) is 5.82 Å². The lowest BCUT2D eigenvalue weighted by molar-refractivity contribution is 0.0841. The van der Waals surface area contributed by atoms with Crippen LogP contribution < -0.4 is 21.0 Å². The number of carbonyl (C=O) groups is 3. The van der Waals surface area contributed by atoms with Crippen molar-refractivity contribution in [3.63, 3.8) is 0 Å². The van der Waals surface area contributed by atoms with Gasteiger partial charge in [0.15, 0.2) is 5.69 Å². The quantitative estimate of drug-likeness (QED) is 0.285. The molecule has 0 saturated carbocycles. The number of nitrogens with one attached hydrogen (secondary N) is 3. The molecule has 3 amide bonds. The van der Waals surface area contributed by atoms with Gasteiger partial charge in [0.05, 0.1) is 12.8 Å². The number of halogens is 1. The molecule has 3 aromatic carbocycles. The zero-order valence-corrected chi connectivity index (χ0v) is 19.6. The summed E-state index contributed by atoms with van der Waals surface area (Å²) in [7, 11) is 1.52. The number of nitrogens with zero attached hydrogens (tertiary/aromatic N) is 2. The Labute approximate surface area is 210 Å². The van der Waals surface area contributed by atoms with Gasteiger partial charge in [-0.3, -0.25) is 20.4 Å². The fourth-order valence-corrected chi connectivity index (χ4v) is 3.68. The molecule has 0 fully saturated rings. The van der Waals surface area contributed by atoms with Gasteiger partial charge in [0.1, 0.15) is 11.6 Å². The molecule has 0 saturated heterocycles. The van der Waals surface area contributed by atoms with Crippen LogP contribution in [-0.4, -0.2) is 40.0 Å². The molecule has 1 heterocycles. The topological polar surface area (TPSA) is 135 Å². The molecule has 10 nitrogen and oxygen atoms in total. The average molecular weight is 503 g/mol. The average Bonchev–Trinajstić information content (AvgIpc) is 3.24. The summed E-state index contributed by atoms with van der Waals surface area (Å²) in [5.41, 5.74) is 8.62. The summed E-state index contributed by atoms with van der Waals surface area (Å²) in [6, 6.07) is 20.7. The maximum Gasteiger partial charge on any atom is 0.425 e. The fourth-order valence-electron chi connectivity index (χ4n) is 3.68. The predicted molar refractivity (Wildman–Crippen MR) is 132 cm³/mol. The number of methoxy groups -OCH3 is 1. The summed E-state index contributed by atoms with van der Waals surface area (Å²) < 4.78 is 18.9. The second-order valence-corrected chi connectivity index (χ2v) is 7.81. The molecule has 37 heavy (non-hydrogen) atoms. The molecule has 0 aliphatic heterocycles. The number of rotatable bonds is 7. The van der Waals surface area contributed by atoms with Gasteiger partial charge in [-0.05, 0) is 54.1 Å². The van der Waals surface area contributed by atoms with Crippen LogP contribution in [0.2, 0.25) is 0 Å². The van der Waals surface area contributed by atoms with Crippen molar-refractivity contribution >= 4 is 17.9 Å². The van der Waals surface area contributed by atoms with Gasteiger partial charge < -0.3 is 9.84 Å². The van der Waals surface area contributed by atoms with Crippen LogP contribution >= 0.6 is 0 Å². The van der Waals surface area contributed by atoms with Gasteiger partial charge in [-0.2, -0.15) is 9.89 Å². The molecule has 0 aliphatic rings. The number of carbonyl (C=O) groups excluding carboxylic acids is 2. The van der Waals surface area contributed by atoms with E-state index >= 15 is 0 Å². The molecular formula is C26H22FN5O5.